The lowest BCUT2D eigenvalue weighted by molar-refractivity contribution is 0.0725. The van der Waals surface area contributed by atoms with E-state index >= 15 is 0 Å². The first-order valence-corrected chi connectivity index (χ1v) is 18.1. The summed E-state index contributed by atoms with van der Waals surface area (Å²) in [5.74, 6) is 0. The normalized spacial score (nSPS) is 22.8. The molecule has 0 heterocycles. The second kappa shape index (κ2) is 11.3. The van der Waals surface area contributed by atoms with E-state index in [9.17, 15) is 5.11 Å². The molecule has 1 aliphatic rings. The van der Waals surface area contributed by atoms with Gasteiger partial charge in [0.15, 0.2) is 16.6 Å². The van der Waals surface area contributed by atoms with E-state index < -0.39 is 16.6 Å². The standard InChI is InChI=1S/C26H52O3Si2/c1-21(27)16-14-12-13-15-17-22-18-23(28-30(8,9)25(2,3)4)20-24(19-22)29-31(10,11)26(5,6)7/h13,15,17,21,23-24,27H,12,14,16,18-20H2,1-11H3/b15-13+/t21-,23-,24-/m1/s1. The third kappa shape index (κ3) is 9.67. The van der Waals surface area contributed by atoms with Crippen molar-refractivity contribution in [3.63, 3.8) is 0 Å². The Morgan fingerprint density at radius 3 is 1.77 bits per heavy atom. The van der Waals surface area contributed by atoms with Gasteiger partial charge in [-0.15, -0.1) is 0 Å². The van der Waals surface area contributed by atoms with Gasteiger partial charge in [-0.05, 0) is 81.7 Å². The predicted octanol–water partition coefficient (Wildman–Crippen LogP) is 7.98. The molecule has 0 aromatic heterocycles. The van der Waals surface area contributed by atoms with Gasteiger partial charge in [0.1, 0.15) is 0 Å². The highest BCUT2D eigenvalue weighted by Gasteiger charge is 2.43. The average molecular weight is 469 g/mol. The second-order valence-electron chi connectivity index (χ2n) is 12.7. The molecule has 0 amide bonds. The molecule has 0 aliphatic heterocycles. The molecule has 1 fully saturated rings. The molecule has 1 rings (SSSR count). The fourth-order valence-corrected chi connectivity index (χ4v) is 6.19. The van der Waals surface area contributed by atoms with Crippen molar-refractivity contribution in [2.45, 2.75) is 142 Å². The fraction of sp³-hybridized carbons (Fsp3) is 0.846. The molecule has 3 atom stereocenters. The van der Waals surface area contributed by atoms with Crippen molar-refractivity contribution in [3.8, 4) is 0 Å². The van der Waals surface area contributed by atoms with Gasteiger partial charge in [-0.1, -0.05) is 65.3 Å². The van der Waals surface area contributed by atoms with Gasteiger partial charge >= 0.3 is 0 Å². The van der Waals surface area contributed by atoms with Crippen molar-refractivity contribution in [3.05, 3.63) is 23.8 Å². The molecular formula is C26H52O3Si2. The van der Waals surface area contributed by atoms with Crippen LogP contribution in [0.2, 0.25) is 36.3 Å². The first-order valence-electron chi connectivity index (χ1n) is 12.3. The Balaban J connectivity index is 2.94. The molecular weight excluding hydrogens is 416 g/mol. The van der Waals surface area contributed by atoms with Crippen molar-refractivity contribution >= 4 is 16.6 Å². The van der Waals surface area contributed by atoms with Gasteiger partial charge in [-0.25, -0.2) is 0 Å². The SMILES string of the molecule is C[C@@H](O)CCC/C=C/C=C1C[C@@H](O[Si](C)(C)C(C)(C)C)C[C@H](O[Si](C)(C)C(C)(C)C)C1. The number of aliphatic hydroxyl groups excluding tert-OH is 1. The molecule has 0 spiro atoms. The molecule has 5 heteroatoms. The van der Waals surface area contributed by atoms with Gasteiger partial charge in [0.2, 0.25) is 0 Å². The lowest BCUT2D eigenvalue weighted by Crippen LogP contribution is -2.48. The molecule has 31 heavy (non-hydrogen) atoms. The maximum Gasteiger partial charge on any atom is 0.192 e. The van der Waals surface area contributed by atoms with Crippen LogP contribution in [0.25, 0.3) is 0 Å². The summed E-state index contributed by atoms with van der Waals surface area (Å²) < 4.78 is 13.7. The molecule has 1 N–H and O–H groups in total. The predicted molar refractivity (Wildman–Crippen MR) is 141 cm³/mol. The maximum atomic E-state index is 9.41. The monoisotopic (exact) mass is 468 g/mol. The molecule has 3 nitrogen and oxygen atoms in total. The summed E-state index contributed by atoms with van der Waals surface area (Å²) in [6.45, 7) is 25.2. The van der Waals surface area contributed by atoms with Crippen LogP contribution in [0, 0.1) is 0 Å². The third-order valence-corrected chi connectivity index (χ3v) is 16.6. The van der Waals surface area contributed by atoms with Crippen LogP contribution in [0.4, 0.5) is 0 Å². The highest BCUT2D eigenvalue weighted by atomic mass is 28.4. The van der Waals surface area contributed by atoms with Crippen LogP contribution in [0.3, 0.4) is 0 Å². The number of rotatable bonds is 9. The summed E-state index contributed by atoms with van der Waals surface area (Å²) in [5.41, 5.74) is 1.45. The lowest BCUT2D eigenvalue weighted by Gasteiger charge is -2.45. The topological polar surface area (TPSA) is 38.7 Å². The zero-order valence-corrected chi connectivity index (χ0v) is 24.5. The van der Waals surface area contributed by atoms with Crippen molar-refractivity contribution in [1.82, 2.24) is 0 Å². The quantitative estimate of drug-likeness (QED) is 0.275. The molecule has 0 aromatic carbocycles. The van der Waals surface area contributed by atoms with Gasteiger partial charge in [0.05, 0.1) is 18.3 Å². The van der Waals surface area contributed by atoms with E-state index in [1.165, 1.54) is 5.57 Å². The highest BCUT2D eigenvalue weighted by Crippen LogP contribution is 2.42. The van der Waals surface area contributed by atoms with Gasteiger partial charge in [-0.3, -0.25) is 0 Å². The number of hydrogen-bond acceptors (Lipinski definition) is 3. The minimum atomic E-state index is -1.82. The Labute approximate surface area is 196 Å². The van der Waals surface area contributed by atoms with Crippen LogP contribution >= 0.6 is 0 Å². The lowest BCUT2D eigenvalue weighted by atomic mass is 9.90. The van der Waals surface area contributed by atoms with Crippen LogP contribution in [-0.2, 0) is 8.85 Å². The number of allylic oxidation sites excluding steroid dienone is 3. The summed E-state index contributed by atoms with van der Waals surface area (Å²) in [6.07, 6.45) is 13.0. The Morgan fingerprint density at radius 2 is 1.39 bits per heavy atom. The Bertz CT molecular complexity index is 569. The zero-order chi connectivity index (χ0) is 24.1. The van der Waals surface area contributed by atoms with E-state index in [0.29, 0.717) is 0 Å². The average Bonchev–Trinajstić information content (AvgIpc) is 2.54. The van der Waals surface area contributed by atoms with Gasteiger partial charge in [0.25, 0.3) is 0 Å². The van der Waals surface area contributed by atoms with E-state index in [0.717, 1.165) is 38.5 Å². The van der Waals surface area contributed by atoms with E-state index in [-0.39, 0.29) is 28.4 Å². The summed E-state index contributed by atoms with van der Waals surface area (Å²) in [4.78, 5) is 0. The molecule has 0 unspecified atom stereocenters. The van der Waals surface area contributed by atoms with E-state index in [2.05, 4.69) is 86.0 Å². The van der Waals surface area contributed by atoms with Gasteiger partial charge in [0, 0.05) is 0 Å². The molecule has 1 saturated carbocycles. The fourth-order valence-electron chi connectivity index (χ4n) is 3.46. The molecule has 0 saturated heterocycles. The number of hydrogen-bond donors (Lipinski definition) is 1. The van der Waals surface area contributed by atoms with Crippen molar-refractivity contribution < 1.29 is 14.0 Å². The Hall–Kier alpha value is -0.206. The smallest absolute Gasteiger partial charge is 0.192 e. The molecule has 1 aliphatic carbocycles. The van der Waals surface area contributed by atoms with E-state index in [4.69, 9.17) is 8.85 Å². The molecule has 182 valence electrons. The first kappa shape index (κ1) is 28.8. The molecule has 0 radical (unpaired) electrons. The van der Waals surface area contributed by atoms with Crippen LogP contribution in [0.5, 0.6) is 0 Å². The zero-order valence-electron chi connectivity index (χ0n) is 22.5. The Morgan fingerprint density at radius 1 is 0.935 bits per heavy atom. The van der Waals surface area contributed by atoms with E-state index in [1.54, 1.807) is 0 Å². The molecule has 0 aromatic rings. The van der Waals surface area contributed by atoms with Gasteiger partial charge < -0.3 is 14.0 Å². The second-order valence-corrected chi connectivity index (χ2v) is 22.2. The third-order valence-electron chi connectivity index (χ3n) is 7.50. The number of aliphatic hydroxyl groups is 1. The van der Waals surface area contributed by atoms with Gasteiger partial charge in [-0.2, -0.15) is 0 Å². The van der Waals surface area contributed by atoms with Crippen molar-refractivity contribution in [2.75, 3.05) is 0 Å². The minimum absolute atomic E-state index is 0.202. The largest absolute Gasteiger partial charge is 0.414 e. The summed E-state index contributed by atoms with van der Waals surface area (Å²) in [5, 5.41) is 9.85. The van der Waals surface area contributed by atoms with Crippen LogP contribution in [-0.4, -0.2) is 40.1 Å². The Kier molecular flexibility index (Phi) is 10.5. The van der Waals surface area contributed by atoms with Crippen molar-refractivity contribution in [2.24, 2.45) is 0 Å². The van der Waals surface area contributed by atoms with E-state index in [1.807, 2.05) is 6.92 Å². The summed E-state index contributed by atoms with van der Waals surface area (Å²) >= 11 is 0. The van der Waals surface area contributed by atoms with Crippen LogP contribution < -0.4 is 0 Å². The molecule has 0 bridgehead atoms. The number of unbranched alkanes of at least 4 members (excludes halogenated alkanes) is 1. The van der Waals surface area contributed by atoms with Crippen molar-refractivity contribution in [1.29, 1.82) is 0 Å². The summed E-state index contributed by atoms with van der Waals surface area (Å²) in [7, 11) is -3.64. The maximum absolute atomic E-state index is 9.41. The van der Waals surface area contributed by atoms with Crippen LogP contribution in [0.15, 0.2) is 23.8 Å². The summed E-state index contributed by atoms with van der Waals surface area (Å²) in [6, 6.07) is 0. The first-order chi connectivity index (χ1) is 13.9. The minimum Gasteiger partial charge on any atom is -0.414 e. The van der Waals surface area contributed by atoms with Crippen LogP contribution in [0.1, 0.15) is 87.0 Å². The highest BCUT2D eigenvalue weighted by molar-refractivity contribution is 6.74.